The Bertz CT molecular complexity index is 360. The molecular weight excluding hydrogens is 264 g/mol. The summed E-state index contributed by atoms with van der Waals surface area (Å²) in [6, 6.07) is 0.718. The van der Waals surface area contributed by atoms with Crippen molar-refractivity contribution in [2.75, 3.05) is 19.6 Å². The molecule has 0 bridgehead atoms. The molecule has 3 rings (SSSR count). The van der Waals surface area contributed by atoms with E-state index in [0.717, 1.165) is 51.2 Å². The number of nitrogens with zero attached hydrogens (tertiary/aromatic N) is 1. The number of hydrogen-bond donors (Lipinski definition) is 2. The topological polar surface area (TPSA) is 52.6 Å². The molecule has 2 aliphatic carbocycles. The first kappa shape index (κ1) is 15.3. The minimum absolute atomic E-state index is 0.136. The van der Waals surface area contributed by atoms with Crippen LogP contribution in [0, 0.1) is 5.92 Å². The van der Waals surface area contributed by atoms with Gasteiger partial charge in [-0.2, -0.15) is 0 Å². The molecule has 4 nitrogen and oxygen atoms in total. The van der Waals surface area contributed by atoms with Crippen molar-refractivity contribution in [3.8, 4) is 0 Å². The van der Waals surface area contributed by atoms with Crippen LogP contribution in [-0.2, 0) is 4.79 Å². The van der Waals surface area contributed by atoms with E-state index in [9.17, 15) is 9.90 Å². The van der Waals surface area contributed by atoms with E-state index in [1.807, 2.05) is 0 Å². The fourth-order valence-corrected chi connectivity index (χ4v) is 4.39. The fourth-order valence-electron chi connectivity index (χ4n) is 4.39. The molecule has 0 aromatic carbocycles. The molecule has 2 saturated carbocycles. The standard InChI is InChI=1S/C17H30N2O2/c20-16(18-13-17(21)9-4-5-10-17)14-8-11-19(12-14)15-6-2-1-3-7-15/h14-15,21H,1-13H2,(H,18,20). The molecule has 1 aliphatic heterocycles. The van der Waals surface area contributed by atoms with Crippen LogP contribution in [0.3, 0.4) is 0 Å². The summed E-state index contributed by atoms with van der Waals surface area (Å²) in [6.45, 7) is 2.45. The van der Waals surface area contributed by atoms with Crippen LogP contribution in [0.2, 0.25) is 0 Å². The minimum atomic E-state index is -0.628. The monoisotopic (exact) mass is 294 g/mol. The van der Waals surface area contributed by atoms with Gasteiger partial charge in [-0.25, -0.2) is 0 Å². The van der Waals surface area contributed by atoms with E-state index in [1.165, 1.54) is 32.1 Å². The normalized spacial score (nSPS) is 30.6. The van der Waals surface area contributed by atoms with Crippen LogP contribution in [0.4, 0.5) is 0 Å². The van der Waals surface area contributed by atoms with Crippen molar-refractivity contribution < 1.29 is 9.90 Å². The Balaban J connectivity index is 1.43. The zero-order valence-corrected chi connectivity index (χ0v) is 13.1. The van der Waals surface area contributed by atoms with E-state index in [0.29, 0.717) is 6.54 Å². The van der Waals surface area contributed by atoms with Gasteiger partial charge < -0.3 is 10.4 Å². The summed E-state index contributed by atoms with van der Waals surface area (Å²) >= 11 is 0. The Morgan fingerprint density at radius 3 is 2.52 bits per heavy atom. The lowest BCUT2D eigenvalue weighted by atomic mass is 9.94. The van der Waals surface area contributed by atoms with E-state index in [4.69, 9.17) is 0 Å². The van der Waals surface area contributed by atoms with Crippen molar-refractivity contribution in [3.63, 3.8) is 0 Å². The quantitative estimate of drug-likeness (QED) is 0.834. The van der Waals surface area contributed by atoms with E-state index < -0.39 is 5.60 Å². The third kappa shape index (κ3) is 3.78. The maximum Gasteiger partial charge on any atom is 0.224 e. The lowest BCUT2D eigenvalue weighted by molar-refractivity contribution is -0.125. The van der Waals surface area contributed by atoms with E-state index in [2.05, 4.69) is 10.2 Å². The Morgan fingerprint density at radius 2 is 1.81 bits per heavy atom. The minimum Gasteiger partial charge on any atom is -0.388 e. The number of carbonyl (C=O) groups excluding carboxylic acids is 1. The van der Waals surface area contributed by atoms with E-state index in [1.54, 1.807) is 0 Å². The van der Waals surface area contributed by atoms with Crippen molar-refractivity contribution in [1.29, 1.82) is 0 Å². The van der Waals surface area contributed by atoms with Gasteiger partial charge in [0.1, 0.15) is 0 Å². The largest absolute Gasteiger partial charge is 0.388 e. The maximum atomic E-state index is 12.3. The number of aliphatic hydroxyl groups is 1. The van der Waals surface area contributed by atoms with Crippen LogP contribution in [0.5, 0.6) is 0 Å². The second kappa shape index (κ2) is 6.66. The van der Waals surface area contributed by atoms with Gasteiger partial charge in [0.05, 0.1) is 11.5 Å². The van der Waals surface area contributed by atoms with Gasteiger partial charge in [0.15, 0.2) is 0 Å². The molecule has 1 unspecified atom stereocenters. The molecule has 0 aromatic heterocycles. The smallest absolute Gasteiger partial charge is 0.224 e. The molecule has 0 radical (unpaired) electrons. The summed E-state index contributed by atoms with van der Waals surface area (Å²) in [6.07, 6.45) is 11.6. The van der Waals surface area contributed by atoms with Crippen molar-refractivity contribution in [3.05, 3.63) is 0 Å². The summed E-state index contributed by atoms with van der Waals surface area (Å²) in [5.41, 5.74) is -0.628. The lowest BCUT2D eigenvalue weighted by Crippen LogP contribution is -2.44. The van der Waals surface area contributed by atoms with Gasteiger partial charge in [0, 0.05) is 19.1 Å². The third-order valence-electron chi connectivity index (χ3n) is 5.81. The van der Waals surface area contributed by atoms with Crippen LogP contribution < -0.4 is 5.32 Å². The molecule has 1 heterocycles. The second-order valence-corrected chi connectivity index (χ2v) is 7.42. The average Bonchev–Trinajstić information content (AvgIpc) is 3.16. The predicted molar refractivity (Wildman–Crippen MR) is 83.0 cm³/mol. The Kier molecular flexibility index (Phi) is 4.85. The van der Waals surface area contributed by atoms with Crippen LogP contribution in [0.1, 0.15) is 64.2 Å². The number of likely N-dealkylation sites (tertiary alicyclic amines) is 1. The summed E-state index contributed by atoms with van der Waals surface area (Å²) in [5, 5.41) is 13.3. The van der Waals surface area contributed by atoms with Gasteiger partial charge in [-0.1, -0.05) is 32.1 Å². The van der Waals surface area contributed by atoms with E-state index in [-0.39, 0.29) is 11.8 Å². The van der Waals surface area contributed by atoms with Crippen molar-refractivity contribution >= 4 is 5.91 Å². The first-order valence-corrected chi connectivity index (χ1v) is 8.90. The summed E-state index contributed by atoms with van der Waals surface area (Å²) < 4.78 is 0. The summed E-state index contributed by atoms with van der Waals surface area (Å²) in [5.74, 6) is 0.297. The highest BCUT2D eigenvalue weighted by molar-refractivity contribution is 5.79. The van der Waals surface area contributed by atoms with Gasteiger partial charge >= 0.3 is 0 Å². The number of carbonyl (C=O) groups is 1. The van der Waals surface area contributed by atoms with Crippen LogP contribution in [0.15, 0.2) is 0 Å². The molecule has 1 amide bonds. The Labute approximate surface area is 128 Å². The fraction of sp³-hybridized carbons (Fsp3) is 0.941. The molecule has 2 N–H and O–H groups in total. The Hall–Kier alpha value is -0.610. The molecule has 120 valence electrons. The van der Waals surface area contributed by atoms with Crippen LogP contribution in [0.25, 0.3) is 0 Å². The molecule has 1 saturated heterocycles. The first-order valence-electron chi connectivity index (χ1n) is 8.90. The molecule has 21 heavy (non-hydrogen) atoms. The highest BCUT2D eigenvalue weighted by Crippen LogP contribution is 2.30. The van der Waals surface area contributed by atoms with Crippen molar-refractivity contribution in [1.82, 2.24) is 10.2 Å². The van der Waals surface area contributed by atoms with Crippen LogP contribution >= 0.6 is 0 Å². The Morgan fingerprint density at radius 1 is 1.10 bits per heavy atom. The lowest BCUT2D eigenvalue weighted by Gasteiger charge is -2.31. The zero-order valence-electron chi connectivity index (χ0n) is 13.1. The predicted octanol–water partition coefficient (Wildman–Crippen LogP) is 2.06. The van der Waals surface area contributed by atoms with E-state index >= 15 is 0 Å². The molecule has 1 atom stereocenters. The third-order valence-corrected chi connectivity index (χ3v) is 5.81. The number of rotatable bonds is 4. The van der Waals surface area contributed by atoms with Gasteiger partial charge in [-0.15, -0.1) is 0 Å². The highest BCUT2D eigenvalue weighted by Gasteiger charge is 2.35. The molecule has 0 spiro atoms. The molecule has 4 heteroatoms. The number of nitrogens with one attached hydrogen (secondary N) is 1. The number of amides is 1. The van der Waals surface area contributed by atoms with Crippen molar-refractivity contribution in [2.45, 2.75) is 75.9 Å². The maximum absolute atomic E-state index is 12.3. The molecule has 3 aliphatic rings. The summed E-state index contributed by atoms with van der Waals surface area (Å²) in [4.78, 5) is 14.9. The van der Waals surface area contributed by atoms with Crippen LogP contribution in [-0.4, -0.2) is 47.2 Å². The summed E-state index contributed by atoms with van der Waals surface area (Å²) in [7, 11) is 0. The van der Waals surface area contributed by atoms with Gasteiger partial charge in [-0.05, 0) is 38.6 Å². The van der Waals surface area contributed by atoms with Crippen molar-refractivity contribution in [2.24, 2.45) is 5.92 Å². The van der Waals surface area contributed by atoms with Gasteiger partial charge in [0.25, 0.3) is 0 Å². The van der Waals surface area contributed by atoms with Gasteiger partial charge in [0.2, 0.25) is 5.91 Å². The zero-order chi connectivity index (χ0) is 14.7. The molecule has 0 aromatic rings. The highest BCUT2D eigenvalue weighted by atomic mass is 16.3. The number of hydrogen-bond acceptors (Lipinski definition) is 3. The first-order chi connectivity index (χ1) is 10.2. The molecule has 3 fully saturated rings. The van der Waals surface area contributed by atoms with Gasteiger partial charge in [-0.3, -0.25) is 9.69 Å². The average molecular weight is 294 g/mol. The molecular formula is C17H30N2O2. The second-order valence-electron chi connectivity index (χ2n) is 7.42. The SMILES string of the molecule is O=C(NCC1(O)CCCC1)C1CCN(C2CCCCC2)C1.